The Morgan fingerprint density at radius 2 is 2.14 bits per heavy atom. The van der Waals surface area contributed by atoms with Gasteiger partial charge in [-0.15, -0.1) is 0 Å². The first-order chi connectivity index (χ1) is 10.5. The quantitative estimate of drug-likeness (QED) is 0.845. The van der Waals surface area contributed by atoms with Gasteiger partial charge in [-0.25, -0.2) is 4.79 Å². The third kappa shape index (κ3) is 3.31. The van der Waals surface area contributed by atoms with Crippen LogP contribution in [0.15, 0.2) is 18.5 Å². The molecule has 0 saturated heterocycles. The van der Waals surface area contributed by atoms with Gasteiger partial charge in [-0.3, -0.25) is 9.48 Å². The van der Waals surface area contributed by atoms with Crippen LogP contribution in [0.25, 0.3) is 0 Å². The molecule has 1 heterocycles. The second-order valence-corrected chi connectivity index (χ2v) is 6.08. The Hall–Kier alpha value is -1.85. The van der Waals surface area contributed by atoms with Crippen LogP contribution in [-0.4, -0.2) is 34.3 Å². The zero-order valence-electron chi connectivity index (χ0n) is 13.5. The first-order valence-corrected chi connectivity index (χ1v) is 7.92. The van der Waals surface area contributed by atoms with Crippen LogP contribution in [0, 0.1) is 5.92 Å². The number of nitrogens with one attached hydrogen (secondary N) is 1. The number of hydrogen-bond acceptors (Lipinski definition) is 4. The number of carbonyl (C=O) groups is 2. The maximum Gasteiger partial charge on any atom is 0.331 e. The van der Waals surface area contributed by atoms with Gasteiger partial charge < -0.3 is 10.1 Å². The van der Waals surface area contributed by atoms with E-state index in [1.54, 1.807) is 30.1 Å². The molecule has 0 spiro atoms. The van der Waals surface area contributed by atoms with Gasteiger partial charge in [-0.05, 0) is 44.6 Å². The van der Waals surface area contributed by atoms with Crippen molar-refractivity contribution in [2.45, 2.75) is 57.5 Å². The average molecular weight is 307 g/mol. The fraction of sp³-hybridized carbons (Fsp3) is 0.688. The number of hydrogen-bond donors (Lipinski definition) is 1. The second-order valence-electron chi connectivity index (χ2n) is 6.08. The predicted molar refractivity (Wildman–Crippen MR) is 82.1 cm³/mol. The molecule has 6 nitrogen and oxygen atoms in total. The average Bonchev–Trinajstić information content (AvgIpc) is 3.08. The van der Waals surface area contributed by atoms with Gasteiger partial charge in [-0.1, -0.05) is 13.3 Å². The van der Waals surface area contributed by atoms with Crippen molar-refractivity contribution in [1.82, 2.24) is 15.1 Å². The fourth-order valence-corrected chi connectivity index (χ4v) is 3.12. The molecule has 122 valence electrons. The van der Waals surface area contributed by atoms with E-state index in [-0.39, 0.29) is 11.9 Å². The van der Waals surface area contributed by atoms with Crippen LogP contribution in [0.1, 0.15) is 52.0 Å². The molecule has 1 saturated carbocycles. The van der Waals surface area contributed by atoms with Crippen molar-refractivity contribution in [3.8, 4) is 0 Å². The van der Waals surface area contributed by atoms with Gasteiger partial charge in [-0.2, -0.15) is 5.10 Å². The van der Waals surface area contributed by atoms with Gasteiger partial charge in [0.05, 0.1) is 7.11 Å². The summed E-state index contributed by atoms with van der Waals surface area (Å²) >= 11 is 0. The van der Waals surface area contributed by atoms with Gasteiger partial charge in [0.25, 0.3) is 0 Å². The van der Waals surface area contributed by atoms with E-state index in [2.05, 4.69) is 17.3 Å². The summed E-state index contributed by atoms with van der Waals surface area (Å²) in [5, 5.41) is 7.02. The van der Waals surface area contributed by atoms with Crippen LogP contribution in [0.5, 0.6) is 0 Å². The number of carbonyl (C=O) groups excluding carboxylic acids is 2. The Kier molecular flexibility index (Phi) is 5.21. The number of nitrogens with zero attached hydrogens (tertiary/aromatic N) is 2. The maximum atomic E-state index is 12.5. The molecular weight excluding hydrogens is 282 g/mol. The van der Waals surface area contributed by atoms with Crippen molar-refractivity contribution in [2.24, 2.45) is 5.92 Å². The number of esters is 1. The lowest BCUT2D eigenvalue weighted by molar-refractivity contribution is -0.153. The lowest BCUT2D eigenvalue weighted by Gasteiger charge is -2.38. The molecule has 1 aliphatic carbocycles. The summed E-state index contributed by atoms with van der Waals surface area (Å²) in [7, 11) is 1.37. The fourth-order valence-electron chi connectivity index (χ4n) is 3.12. The summed E-state index contributed by atoms with van der Waals surface area (Å²) in [6, 6.07) is 1.31. The largest absolute Gasteiger partial charge is 0.467 e. The summed E-state index contributed by atoms with van der Waals surface area (Å²) in [4.78, 5) is 24.8. The Balaban J connectivity index is 2.10. The first kappa shape index (κ1) is 16.5. The van der Waals surface area contributed by atoms with Crippen LogP contribution in [0.4, 0.5) is 0 Å². The molecule has 22 heavy (non-hydrogen) atoms. The first-order valence-electron chi connectivity index (χ1n) is 7.92. The lowest BCUT2D eigenvalue weighted by Crippen LogP contribution is -2.58. The number of ether oxygens (including phenoxy) is 1. The van der Waals surface area contributed by atoms with Crippen LogP contribution >= 0.6 is 0 Å². The number of aromatic nitrogens is 2. The topological polar surface area (TPSA) is 73.2 Å². The highest BCUT2D eigenvalue weighted by atomic mass is 16.5. The zero-order chi connectivity index (χ0) is 16.2. The number of rotatable bonds is 5. The smallest absolute Gasteiger partial charge is 0.331 e. The molecule has 1 fully saturated rings. The molecule has 0 bridgehead atoms. The summed E-state index contributed by atoms with van der Waals surface area (Å²) < 4.78 is 6.54. The van der Waals surface area contributed by atoms with Gasteiger partial charge in [0.15, 0.2) is 0 Å². The van der Waals surface area contributed by atoms with E-state index in [0.29, 0.717) is 18.8 Å². The third-order valence-corrected chi connectivity index (χ3v) is 4.78. The van der Waals surface area contributed by atoms with Crippen LogP contribution in [0.3, 0.4) is 0 Å². The highest BCUT2D eigenvalue weighted by Gasteiger charge is 2.44. The summed E-state index contributed by atoms with van der Waals surface area (Å²) in [5.41, 5.74) is -0.890. The summed E-state index contributed by atoms with van der Waals surface area (Å²) in [5.74, 6) is 0.0744. The molecule has 1 atom stereocenters. The Labute approximate surface area is 131 Å². The molecule has 1 aromatic heterocycles. The maximum absolute atomic E-state index is 12.5. The minimum atomic E-state index is -0.890. The molecule has 1 amide bonds. The molecule has 0 aromatic carbocycles. The summed E-state index contributed by atoms with van der Waals surface area (Å²) in [6.07, 6.45) is 7.61. The standard InChI is InChI=1S/C16H25N3O3/c1-4-13-6-8-16(9-7-13,15(21)22-3)18-14(20)12(2)19-11-5-10-17-19/h5,10-13H,4,6-9H2,1-3H3,(H,18,20)/t12-,13?,16?/m1/s1. The van der Waals surface area contributed by atoms with Crippen molar-refractivity contribution in [3.05, 3.63) is 18.5 Å². The lowest BCUT2D eigenvalue weighted by atomic mass is 9.75. The van der Waals surface area contributed by atoms with Crippen molar-refractivity contribution in [1.29, 1.82) is 0 Å². The Morgan fingerprint density at radius 3 is 2.64 bits per heavy atom. The minimum absolute atomic E-state index is 0.205. The third-order valence-electron chi connectivity index (χ3n) is 4.78. The van der Waals surface area contributed by atoms with E-state index in [1.165, 1.54) is 7.11 Å². The van der Waals surface area contributed by atoms with E-state index < -0.39 is 11.6 Å². The summed E-state index contributed by atoms with van der Waals surface area (Å²) in [6.45, 7) is 3.93. The minimum Gasteiger partial charge on any atom is -0.467 e. The van der Waals surface area contributed by atoms with Crippen molar-refractivity contribution >= 4 is 11.9 Å². The second kappa shape index (κ2) is 6.94. The molecular formula is C16H25N3O3. The molecule has 0 radical (unpaired) electrons. The zero-order valence-corrected chi connectivity index (χ0v) is 13.5. The molecule has 0 unspecified atom stereocenters. The van der Waals surface area contributed by atoms with E-state index in [1.807, 2.05) is 0 Å². The predicted octanol–water partition coefficient (Wildman–Crippen LogP) is 2.07. The van der Waals surface area contributed by atoms with Crippen LogP contribution < -0.4 is 5.32 Å². The van der Waals surface area contributed by atoms with Gasteiger partial charge >= 0.3 is 5.97 Å². The molecule has 1 aromatic rings. The van der Waals surface area contributed by atoms with Gasteiger partial charge in [0, 0.05) is 12.4 Å². The molecule has 2 rings (SSSR count). The molecule has 6 heteroatoms. The molecule has 1 N–H and O–H groups in total. The highest BCUT2D eigenvalue weighted by molar-refractivity contribution is 5.89. The SMILES string of the molecule is CCC1CCC(NC(=O)[C@@H](C)n2cccn2)(C(=O)OC)CC1. The van der Waals surface area contributed by atoms with E-state index in [4.69, 9.17) is 4.74 Å². The number of methoxy groups -OCH3 is 1. The Bertz CT molecular complexity index is 505. The highest BCUT2D eigenvalue weighted by Crippen LogP contribution is 2.35. The Morgan fingerprint density at radius 1 is 1.45 bits per heavy atom. The molecule has 1 aliphatic rings. The van der Waals surface area contributed by atoms with Gasteiger partial charge in [0.2, 0.25) is 5.91 Å². The normalized spacial score (nSPS) is 26.2. The van der Waals surface area contributed by atoms with Crippen LogP contribution in [0.2, 0.25) is 0 Å². The van der Waals surface area contributed by atoms with Gasteiger partial charge in [0.1, 0.15) is 11.6 Å². The van der Waals surface area contributed by atoms with E-state index in [9.17, 15) is 9.59 Å². The van der Waals surface area contributed by atoms with E-state index >= 15 is 0 Å². The molecule has 0 aliphatic heterocycles. The van der Waals surface area contributed by atoms with Crippen molar-refractivity contribution in [3.63, 3.8) is 0 Å². The monoisotopic (exact) mass is 307 g/mol. The van der Waals surface area contributed by atoms with E-state index in [0.717, 1.165) is 19.3 Å². The van der Waals surface area contributed by atoms with Crippen LogP contribution in [-0.2, 0) is 14.3 Å². The number of amides is 1. The van der Waals surface area contributed by atoms with Crippen molar-refractivity contribution < 1.29 is 14.3 Å². The van der Waals surface area contributed by atoms with Crippen molar-refractivity contribution in [2.75, 3.05) is 7.11 Å².